The van der Waals surface area contributed by atoms with Gasteiger partial charge in [-0.15, -0.1) is 11.3 Å². The molecule has 0 aromatic carbocycles. The molecule has 6 atom stereocenters. The van der Waals surface area contributed by atoms with Crippen LogP contribution < -0.4 is 15.5 Å². The molecule has 1 aliphatic heterocycles. The Kier molecular flexibility index (Phi) is 7.62. The molecule has 1 amide bonds. The standard InChI is InChI=1S/C27H39N5O3S/c1-17(25(34)29-9-10-32-11-13-35-14-12-32)20-6-7-27(3)15-21-23(18(2)22(27)24(20)33)31-26(36-21)30-19-5-4-8-28-16-19/h4-5,8,16-18,20,22,24,33H,6-7,9-15H2,1-3H3,(H,29,34)(H,30,31)/p+1/t17-,18-,20+,22+,24-,27-/m0/s1. The summed E-state index contributed by atoms with van der Waals surface area (Å²) in [5.74, 6) is 0.0455. The molecule has 0 spiro atoms. The van der Waals surface area contributed by atoms with E-state index < -0.39 is 6.10 Å². The molecule has 0 bridgehead atoms. The van der Waals surface area contributed by atoms with Crippen molar-refractivity contribution in [2.24, 2.45) is 23.2 Å². The highest BCUT2D eigenvalue weighted by Crippen LogP contribution is 2.57. The number of carbonyl (C=O) groups excluding carboxylic acids is 1. The topological polar surface area (TPSA) is 101 Å². The van der Waals surface area contributed by atoms with Crippen LogP contribution in [0, 0.1) is 23.2 Å². The van der Waals surface area contributed by atoms with Gasteiger partial charge in [0.1, 0.15) is 13.1 Å². The van der Waals surface area contributed by atoms with Gasteiger partial charge in [-0.3, -0.25) is 9.78 Å². The maximum atomic E-state index is 13.0. The third-order valence-electron chi connectivity index (χ3n) is 8.87. The van der Waals surface area contributed by atoms with Gasteiger partial charge in [0.25, 0.3) is 0 Å². The summed E-state index contributed by atoms with van der Waals surface area (Å²) >= 11 is 1.72. The number of aliphatic hydroxyl groups is 1. The van der Waals surface area contributed by atoms with E-state index in [4.69, 9.17) is 9.72 Å². The number of fused-ring (bicyclic) bond motifs is 2. The van der Waals surface area contributed by atoms with Crippen molar-refractivity contribution in [2.45, 2.75) is 52.1 Å². The normalized spacial score (nSPS) is 31.2. The zero-order chi connectivity index (χ0) is 25.3. The van der Waals surface area contributed by atoms with Gasteiger partial charge in [0, 0.05) is 22.9 Å². The Morgan fingerprint density at radius 2 is 2.19 bits per heavy atom. The molecule has 4 N–H and O–H groups in total. The van der Waals surface area contributed by atoms with E-state index in [0.29, 0.717) is 6.54 Å². The summed E-state index contributed by atoms with van der Waals surface area (Å²) in [6.07, 6.45) is 5.86. The third kappa shape index (κ3) is 5.16. The molecule has 0 radical (unpaired) electrons. The van der Waals surface area contributed by atoms with E-state index in [1.165, 1.54) is 9.78 Å². The Morgan fingerprint density at radius 1 is 1.39 bits per heavy atom. The Morgan fingerprint density at radius 3 is 2.94 bits per heavy atom. The average molecular weight is 515 g/mol. The van der Waals surface area contributed by atoms with Crippen molar-refractivity contribution in [3.05, 3.63) is 35.1 Å². The van der Waals surface area contributed by atoms with Crippen molar-refractivity contribution < 1.29 is 19.5 Å². The number of hydrogen-bond acceptors (Lipinski definition) is 7. The molecule has 2 aliphatic carbocycles. The fourth-order valence-corrected chi connectivity index (χ4v) is 8.07. The van der Waals surface area contributed by atoms with Crippen molar-refractivity contribution >= 4 is 28.1 Å². The van der Waals surface area contributed by atoms with Gasteiger partial charge in [-0.25, -0.2) is 4.98 Å². The number of quaternary nitrogens is 1. The summed E-state index contributed by atoms with van der Waals surface area (Å²) in [5, 5.41) is 19.1. The first-order chi connectivity index (χ1) is 17.4. The lowest BCUT2D eigenvalue weighted by Crippen LogP contribution is -3.14. The van der Waals surface area contributed by atoms with Gasteiger partial charge >= 0.3 is 0 Å². The first kappa shape index (κ1) is 25.6. The van der Waals surface area contributed by atoms with E-state index in [0.717, 1.165) is 68.6 Å². The van der Waals surface area contributed by atoms with Crippen LogP contribution >= 0.6 is 11.3 Å². The number of aliphatic hydroxyl groups excluding tert-OH is 1. The highest BCUT2D eigenvalue weighted by atomic mass is 32.1. The molecule has 5 rings (SSSR count). The van der Waals surface area contributed by atoms with Gasteiger partial charge < -0.3 is 25.4 Å². The Balaban J connectivity index is 1.24. The summed E-state index contributed by atoms with van der Waals surface area (Å²) in [5.41, 5.74) is 2.03. The maximum absolute atomic E-state index is 13.0. The zero-order valence-electron chi connectivity index (χ0n) is 21.6. The van der Waals surface area contributed by atoms with E-state index in [2.05, 4.69) is 29.5 Å². The summed E-state index contributed by atoms with van der Waals surface area (Å²) in [7, 11) is 0. The quantitative estimate of drug-likeness (QED) is 0.451. The predicted octanol–water partition coefficient (Wildman–Crippen LogP) is 2.00. The van der Waals surface area contributed by atoms with Crippen molar-refractivity contribution in [1.29, 1.82) is 0 Å². The molecular weight excluding hydrogens is 474 g/mol. The molecule has 3 aliphatic rings. The molecule has 2 aromatic rings. The number of nitrogens with one attached hydrogen (secondary N) is 3. The minimum atomic E-state index is -0.519. The fourth-order valence-electron chi connectivity index (χ4n) is 6.79. The van der Waals surface area contributed by atoms with Crippen LogP contribution in [0.3, 0.4) is 0 Å². The van der Waals surface area contributed by atoms with Crippen LogP contribution in [0.1, 0.15) is 50.1 Å². The maximum Gasteiger partial charge on any atom is 0.223 e. The number of rotatable bonds is 7. The molecule has 1 saturated carbocycles. The van der Waals surface area contributed by atoms with Crippen LogP contribution in [0.5, 0.6) is 0 Å². The number of thiazole rings is 1. The number of anilines is 2. The van der Waals surface area contributed by atoms with Crippen LogP contribution in [0.15, 0.2) is 24.5 Å². The highest BCUT2D eigenvalue weighted by Gasteiger charge is 2.53. The second-order valence-electron chi connectivity index (χ2n) is 11.2. The molecule has 2 aromatic heterocycles. The fraction of sp³-hybridized carbons (Fsp3) is 0.667. The van der Waals surface area contributed by atoms with Crippen LogP contribution in [0.4, 0.5) is 10.8 Å². The number of morpholine rings is 1. The molecule has 196 valence electrons. The van der Waals surface area contributed by atoms with Gasteiger partial charge in [-0.2, -0.15) is 0 Å². The number of aromatic nitrogens is 2. The molecule has 8 nitrogen and oxygen atoms in total. The summed E-state index contributed by atoms with van der Waals surface area (Å²) in [6, 6.07) is 3.90. The van der Waals surface area contributed by atoms with Crippen LogP contribution in [0.2, 0.25) is 0 Å². The number of carbonyl (C=O) groups is 1. The van der Waals surface area contributed by atoms with Crippen molar-refractivity contribution in [1.82, 2.24) is 15.3 Å². The number of pyridine rings is 1. The summed E-state index contributed by atoms with van der Waals surface area (Å²) < 4.78 is 5.42. The van der Waals surface area contributed by atoms with E-state index in [-0.39, 0.29) is 35.0 Å². The monoisotopic (exact) mass is 514 g/mol. The average Bonchev–Trinajstić information content (AvgIpc) is 3.26. The molecule has 0 unspecified atom stereocenters. The lowest BCUT2D eigenvalue weighted by molar-refractivity contribution is -0.906. The second-order valence-corrected chi connectivity index (χ2v) is 12.3. The number of amides is 1. The molecular formula is C27H40N5O3S+. The smallest absolute Gasteiger partial charge is 0.223 e. The summed E-state index contributed by atoms with van der Waals surface area (Å²) in [6.45, 7) is 11.7. The minimum absolute atomic E-state index is 0.0102. The van der Waals surface area contributed by atoms with Crippen molar-refractivity contribution in [2.75, 3.05) is 44.7 Å². The molecule has 2 fully saturated rings. The van der Waals surface area contributed by atoms with Gasteiger partial charge in [0.2, 0.25) is 5.91 Å². The van der Waals surface area contributed by atoms with E-state index in [9.17, 15) is 9.90 Å². The van der Waals surface area contributed by atoms with Gasteiger partial charge in [0.15, 0.2) is 5.13 Å². The highest BCUT2D eigenvalue weighted by molar-refractivity contribution is 7.15. The van der Waals surface area contributed by atoms with Gasteiger partial charge in [0.05, 0.1) is 50.0 Å². The summed E-state index contributed by atoms with van der Waals surface area (Å²) in [4.78, 5) is 25.0. The second kappa shape index (κ2) is 10.7. The molecule has 1 saturated heterocycles. The van der Waals surface area contributed by atoms with Crippen molar-refractivity contribution in [3.8, 4) is 0 Å². The van der Waals surface area contributed by atoms with E-state index in [1.54, 1.807) is 23.7 Å². The zero-order valence-corrected chi connectivity index (χ0v) is 22.4. The lowest BCUT2D eigenvalue weighted by Gasteiger charge is -2.53. The van der Waals surface area contributed by atoms with E-state index in [1.807, 2.05) is 19.1 Å². The molecule has 9 heteroatoms. The largest absolute Gasteiger partial charge is 0.392 e. The number of nitrogens with zero attached hydrogens (tertiary/aromatic N) is 2. The Bertz CT molecular complexity index is 1040. The van der Waals surface area contributed by atoms with E-state index >= 15 is 0 Å². The first-order valence-electron chi connectivity index (χ1n) is 13.4. The van der Waals surface area contributed by atoms with Gasteiger partial charge in [-0.1, -0.05) is 20.8 Å². The number of hydrogen-bond donors (Lipinski definition) is 4. The number of ether oxygens (including phenoxy) is 1. The molecule has 3 heterocycles. The van der Waals surface area contributed by atoms with Crippen molar-refractivity contribution in [3.63, 3.8) is 0 Å². The Hall–Kier alpha value is -2.07. The van der Waals surface area contributed by atoms with Gasteiger partial charge in [-0.05, 0) is 48.6 Å². The van der Waals surface area contributed by atoms with Crippen LogP contribution in [-0.4, -0.2) is 66.5 Å². The van der Waals surface area contributed by atoms with Crippen LogP contribution in [0.25, 0.3) is 0 Å². The Labute approximate surface area is 217 Å². The van der Waals surface area contributed by atoms with Crippen LogP contribution in [-0.2, 0) is 16.0 Å². The molecule has 36 heavy (non-hydrogen) atoms. The third-order valence-corrected chi connectivity index (χ3v) is 9.85. The predicted molar refractivity (Wildman–Crippen MR) is 141 cm³/mol. The minimum Gasteiger partial charge on any atom is -0.392 e. The SMILES string of the molecule is C[C@H](C(=O)NCC[NH+]1CCOCC1)[C@H]1CC[C@@]2(C)Cc3sc(Nc4cccnc4)nc3[C@@H](C)[C@@H]2[C@H]1O. The first-order valence-corrected chi connectivity index (χ1v) is 14.2. The lowest BCUT2D eigenvalue weighted by atomic mass is 9.53.